The van der Waals surface area contributed by atoms with E-state index >= 15 is 0 Å². The van der Waals surface area contributed by atoms with E-state index in [-0.39, 0.29) is 167 Å². The average molecular weight is 266 g/mol. The van der Waals surface area contributed by atoms with E-state index in [4.69, 9.17) is 25.3 Å². The zero-order valence-corrected chi connectivity index (χ0v) is 17.9. The molecule has 0 aromatic rings. The minimum Gasteiger partial charge on any atom is -0.907 e. The zero-order chi connectivity index (χ0) is 8.41. The van der Waals surface area contributed by atoms with Gasteiger partial charge in [0.25, 0.3) is 0 Å². The van der Waals surface area contributed by atoms with Gasteiger partial charge in [-0.25, -0.2) is 0 Å². The van der Waals surface area contributed by atoms with Crippen LogP contribution in [-0.4, -0.2) is 30.7 Å². The zero-order valence-electron chi connectivity index (χ0n) is 8.52. The summed E-state index contributed by atoms with van der Waals surface area (Å²) < 4.78 is 0. The van der Waals surface area contributed by atoms with Gasteiger partial charge in [-0.05, 0) is 12.8 Å². The molecule has 5 nitrogen and oxygen atoms in total. The SMILES string of the molecule is OCCCCO.[K+].[K+].[K+].[O-]B([O-])[O-]. The van der Waals surface area contributed by atoms with E-state index in [1.165, 1.54) is 0 Å². The predicted octanol–water partition coefficient (Wildman–Crippen LogP) is -13.2. The van der Waals surface area contributed by atoms with Crippen LogP contribution < -0.4 is 169 Å². The molecule has 0 amide bonds. The second-order valence-corrected chi connectivity index (χ2v) is 1.44. The van der Waals surface area contributed by atoms with E-state index in [1.807, 2.05) is 0 Å². The minimum atomic E-state index is -2.92. The summed E-state index contributed by atoms with van der Waals surface area (Å²) in [7, 11) is -2.92. The molecular formula is C4H10BK3O5. The molecule has 0 aromatic heterocycles. The fraction of sp³-hybridized carbons (Fsp3) is 1.00. The van der Waals surface area contributed by atoms with Crippen LogP contribution in [0.15, 0.2) is 0 Å². The van der Waals surface area contributed by atoms with Gasteiger partial charge in [-0.3, -0.25) is 7.32 Å². The third-order valence-corrected chi connectivity index (χ3v) is 0.566. The van der Waals surface area contributed by atoms with Crippen LogP contribution in [0.2, 0.25) is 0 Å². The summed E-state index contributed by atoms with van der Waals surface area (Å²) in [5.41, 5.74) is 0. The van der Waals surface area contributed by atoms with Crippen molar-refractivity contribution in [2.45, 2.75) is 12.8 Å². The molecule has 0 aliphatic rings. The van der Waals surface area contributed by atoms with Gasteiger partial charge in [-0.1, -0.05) is 0 Å². The van der Waals surface area contributed by atoms with Crippen LogP contribution in [-0.2, 0) is 0 Å². The second kappa shape index (κ2) is 30.1. The Morgan fingerprint density at radius 3 is 1.00 bits per heavy atom. The fourth-order valence-electron chi connectivity index (χ4n) is 0.224. The van der Waals surface area contributed by atoms with Crippen LogP contribution in [0, 0.1) is 0 Å². The van der Waals surface area contributed by atoms with Gasteiger partial charge >= 0.3 is 154 Å². The second-order valence-electron chi connectivity index (χ2n) is 1.44. The van der Waals surface area contributed by atoms with Crippen LogP contribution >= 0.6 is 0 Å². The number of aliphatic hydroxyl groups is 2. The molecule has 0 atom stereocenters. The van der Waals surface area contributed by atoms with E-state index in [2.05, 4.69) is 0 Å². The van der Waals surface area contributed by atoms with Crippen molar-refractivity contribution in [2.24, 2.45) is 0 Å². The monoisotopic (exact) mass is 266 g/mol. The van der Waals surface area contributed by atoms with Crippen LogP contribution in [0.25, 0.3) is 0 Å². The van der Waals surface area contributed by atoms with Crippen LogP contribution in [0.4, 0.5) is 0 Å². The molecule has 0 unspecified atom stereocenters. The van der Waals surface area contributed by atoms with Crippen molar-refractivity contribution in [1.29, 1.82) is 0 Å². The van der Waals surface area contributed by atoms with Gasteiger partial charge in [-0.15, -0.1) is 0 Å². The van der Waals surface area contributed by atoms with E-state index < -0.39 is 7.32 Å². The maximum Gasteiger partial charge on any atom is 1.00 e. The van der Waals surface area contributed by atoms with Crippen molar-refractivity contribution in [3.05, 3.63) is 0 Å². The largest absolute Gasteiger partial charge is 1.00 e. The first-order valence-corrected chi connectivity index (χ1v) is 2.84. The van der Waals surface area contributed by atoms with E-state index in [1.54, 1.807) is 0 Å². The van der Waals surface area contributed by atoms with Gasteiger partial charge < -0.3 is 25.3 Å². The molecule has 0 fully saturated rings. The summed E-state index contributed by atoms with van der Waals surface area (Å²) in [5.74, 6) is 0. The van der Waals surface area contributed by atoms with Crippen molar-refractivity contribution in [3.63, 3.8) is 0 Å². The number of rotatable bonds is 3. The molecule has 0 bridgehead atoms. The molecule has 9 heteroatoms. The smallest absolute Gasteiger partial charge is 0.907 e. The van der Waals surface area contributed by atoms with Crippen molar-refractivity contribution >= 4 is 7.32 Å². The molecule has 0 spiro atoms. The third kappa shape index (κ3) is 60.6. The van der Waals surface area contributed by atoms with Gasteiger partial charge in [0, 0.05) is 13.2 Å². The molecule has 0 heterocycles. The number of hydrogen-bond donors (Lipinski definition) is 2. The van der Waals surface area contributed by atoms with Crippen LogP contribution in [0.5, 0.6) is 0 Å². The van der Waals surface area contributed by atoms with E-state index in [0.29, 0.717) is 0 Å². The maximum atomic E-state index is 8.42. The number of hydrogen-bond acceptors (Lipinski definition) is 5. The summed E-state index contributed by atoms with van der Waals surface area (Å²) in [5, 5.41) is 41.4. The minimum absolute atomic E-state index is 0. The summed E-state index contributed by atoms with van der Waals surface area (Å²) in [6, 6.07) is 0. The Balaban J connectivity index is -0.0000000279. The first-order valence-electron chi connectivity index (χ1n) is 2.84. The molecule has 0 aliphatic carbocycles. The third-order valence-electron chi connectivity index (χ3n) is 0.566. The number of aliphatic hydroxyl groups excluding tert-OH is 2. The van der Waals surface area contributed by atoms with Gasteiger partial charge in [-0.2, -0.15) is 0 Å². The fourth-order valence-corrected chi connectivity index (χ4v) is 0.224. The summed E-state index contributed by atoms with van der Waals surface area (Å²) in [6.45, 7) is 0.390. The van der Waals surface area contributed by atoms with Crippen molar-refractivity contribution in [3.8, 4) is 0 Å². The Bertz CT molecular complexity index is 54.3. The molecule has 0 radical (unpaired) electrons. The first-order chi connectivity index (χ1) is 4.65. The first kappa shape index (κ1) is 30.6. The summed E-state index contributed by atoms with van der Waals surface area (Å²) >= 11 is 0. The maximum absolute atomic E-state index is 8.42. The molecule has 0 saturated carbocycles. The van der Waals surface area contributed by atoms with E-state index in [9.17, 15) is 0 Å². The molecule has 13 heavy (non-hydrogen) atoms. The Hall–Kier alpha value is 4.77. The molecule has 2 N–H and O–H groups in total. The standard InChI is InChI=1S/C4H10O2.BO3.3K/c5-3-1-2-4-6;2-1(3)4;;;/h5-6H,1-4H2;;;;/q;-3;3*+1. The van der Waals surface area contributed by atoms with Crippen molar-refractivity contribution in [2.75, 3.05) is 13.2 Å². The van der Waals surface area contributed by atoms with Crippen LogP contribution in [0.1, 0.15) is 12.8 Å². The van der Waals surface area contributed by atoms with Gasteiger partial charge in [0.2, 0.25) is 0 Å². The Morgan fingerprint density at radius 2 is 0.923 bits per heavy atom. The van der Waals surface area contributed by atoms with Crippen molar-refractivity contribution in [1.82, 2.24) is 0 Å². The summed E-state index contributed by atoms with van der Waals surface area (Å²) in [4.78, 5) is 0. The summed E-state index contributed by atoms with van der Waals surface area (Å²) in [6.07, 6.45) is 1.44. The molecule has 0 rings (SSSR count). The Morgan fingerprint density at radius 1 is 0.769 bits per heavy atom. The molecule has 62 valence electrons. The van der Waals surface area contributed by atoms with Crippen molar-refractivity contribution < 1.29 is 179 Å². The van der Waals surface area contributed by atoms with Gasteiger partial charge in [0.05, 0.1) is 0 Å². The van der Waals surface area contributed by atoms with E-state index in [0.717, 1.165) is 12.8 Å². The molecular weight excluding hydrogens is 256 g/mol. The van der Waals surface area contributed by atoms with Crippen LogP contribution in [0.3, 0.4) is 0 Å². The molecule has 0 aromatic carbocycles. The molecule has 0 aliphatic heterocycles. The average Bonchev–Trinajstić information content (AvgIpc) is 1.82. The molecule has 0 saturated heterocycles. The topological polar surface area (TPSA) is 110 Å². The Kier molecular flexibility index (Phi) is 71.0. The van der Waals surface area contributed by atoms with Gasteiger partial charge in [0.1, 0.15) is 0 Å². The normalized spacial score (nSPS) is 6.23. The number of unbranched alkanes of at least 4 members (excludes halogenated alkanes) is 1. The quantitative estimate of drug-likeness (QED) is 0.389. The van der Waals surface area contributed by atoms with Gasteiger partial charge in [0.15, 0.2) is 0 Å². The Labute approximate surface area is 207 Å². The predicted molar refractivity (Wildman–Crippen MR) is 29.2 cm³/mol.